The van der Waals surface area contributed by atoms with Gasteiger partial charge in [-0.2, -0.15) is 13.2 Å². The molecule has 1 aliphatic heterocycles. The van der Waals surface area contributed by atoms with Crippen molar-refractivity contribution in [1.82, 2.24) is 25.5 Å². The van der Waals surface area contributed by atoms with Crippen molar-refractivity contribution in [2.24, 2.45) is 0 Å². The number of rotatable bonds is 7. The van der Waals surface area contributed by atoms with Crippen LogP contribution >= 0.6 is 0 Å². The Bertz CT molecular complexity index is 1080. The topological polar surface area (TPSA) is 99.3 Å². The molecule has 3 rings (SSSR count). The van der Waals surface area contributed by atoms with Gasteiger partial charge in [0.1, 0.15) is 5.82 Å². The molecule has 0 fully saturated rings. The summed E-state index contributed by atoms with van der Waals surface area (Å²) in [4.78, 5) is 34.6. The van der Waals surface area contributed by atoms with E-state index in [9.17, 15) is 27.2 Å². The van der Waals surface area contributed by atoms with Gasteiger partial charge in [0, 0.05) is 32.3 Å². The van der Waals surface area contributed by atoms with Crippen molar-refractivity contribution in [2.45, 2.75) is 58.4 Å². The van der Waals surface area contributed by atoms with E-state index in [0.717, 1.165) is 17.7 Å². The van der Waals surface area contributed by atoms with Gasteiger partial charge in [-0.3, -0.25) is 4.79 Å². The first kappa shape index (κ1) is 26.2. The lowest BCUT2D eigenvalue weighted by Gasteiger charge is -2.30. The molecular weight excluding hydrogens is 468 g/mol. The number of halogens is 4. The molecule has 0 radical (unpaired) electrons. The number of hydrogen-bond donors (Lipinski definition) is 3. The summed E-state index contributed by atoms with van der Waals surface area (Å²) in [5.41, 5.74) is 0.402. The van der Waals surface area contributed by atoms with Gasteiger partial charge in [-0.05, 0) is 49.9 Å². The Morgan fingerprint density at radius 2 is 1.97 bits per heavy atom. The number of aromatic nitrogens is 2. The summed E-state index contributed by atoms with van der Waals surface area (Å²) in [6.45, 7) is 5.97. The molecule has 8 nitrogen and oxygen atoms in total. The Morgan fingerprint density at radius 3 is 2.60 bits per heavy atom. The number of amides is 3. The Balaban J connectivity index is 1.77. The summed E-state index contributed by atoms with van der Waals surface area (Å²) >= 11 is 0. The molecule has 3 amide bonds. The maximum Gasteiger partial charge on any atom is 0.419 e. The molecule has 0 saturated carbocycles. The van der Waals surface area contributed by atoms with Gasteiger partial charge < -0.3 is 20.9 Å². The summed E-state index contributed by atoms with van der Waals surface area (Å²) in [5.74, 6) is -1.27. The third-order valence-electron chi connectivity index (χ3n) is 5.46. The fraction of sp³-hybridized carbons (Fsp3) is 0.478. The zero-order valence-electron chi connectivity index (χ0n) is 19.7. The van der Waals surface area contributed by atoms with Crippen LogP contribution in [0.4, 0.5) is 28.3 Å². The van der Waals surface area contributed by atoms with Crippen LogP contribution in [0.2, 0.25) is 0 Å². The Hall–Kier alpha value is -3.44. The van der Waals surface area contributed by atoms with Crippen molar-refractivity contribution >= 4 is 17.9 Å². The third-order valence-corrected chi connectivity index (χ3v) is 5.46. The van der Waals surface area contributed by atoms with E-state index in [-0.39, 0.29) is 37.0 Å². The number of nitrogens with zero attached hydrogens (tertiary/aromatic N) is 3. The number of carbonyl (C=O) groups is 2. The van der Waals surface area contributed by atoms with Crippen molar-refractivity contribution in [3.8, 4) is 0 Å². The van der Waals surface area contributed by atoms with Gasteiger partial charge in [0.25, 0.3) is 0 Å². The monoisotopic (exact) mass is 496 g/mol. The Labute approximate surface area is 200 Å². The Morgan fingerprint density at radius 1 is 1.23 bits per heavy atom. The molecule has 0 unspecified atom stereocenters. The van der Waals surface area contributed by atoms with E-state index in [1.807, 2.05) is 13.8 Å². The van der Waals surface area contributed by atoms with Crippen molar-refractivity contribution < 1.29 is 27.2 Å². The molecule has 3 N–H and O–H groups in total. The molecule has 1 aliphatic rings. The minimum Gasteiger partial charge on any atom is -0.356 e. The summed E-state index contributed by atoms with van der Waals surface area (Å²) in [5, 5.41) is 8.46. The molecule has 1 aromatic heterocycles. The predicted molar refractivity (Wildman–Crippen MR) is 121 cm³/mol. The van der Waals surface area contributed by atoms with Crippen molar-refractivity contribution in [3.63, 3.8) is 0 Å². The molecule has 0 saturated heterocycles. The molecule has 1 aromatic carbocycles. The standard InChI is InChI=1S/C23H28F4N6O2/c1-13(2)30-21-29-11-16-7-9-33(12-20(16)31-21)22(35)32-19(6-8-28-14(3)34)15-4-5-17(18(24)10-15)23(25,26)27/h4-5,10-11,13,19H,6-9,12H2,1-3H3,(H,28,34)(H,32,35)(H,29,30,31)/t19-/m1/s1. The number of urea groups is 1. The van der Waals surface area contributed by atoms with Crippen LogP contribution in [0.1, 0.15) is 55.6 Å². The number of fused-ring (bicyclic) bond motifs is 1. The van der Waals surface area contributed by atoms with Gasteiger partial charge in [-0.15, -0.1) is 0 Å². The average Bonchev–Trinajstić information content (AvgIpc) is 2.76. The first-order valence-corrected chi connectivity index (χ1v) is 11.2. The maximum absolute atomic E-state index is 14.2. The molecule has 0 spiro atoms. The second-order valence-corrected chi connectivity index (χ2v) is 8.65. The number of nitrogens with one attached hydrogen (secondary N) is 3. The average molecular weight is 497 g/mol. The molecule has 0 bridgehead atoms. The molecule has 0 aliphatic carbocycles. The largest absolute Gasteiger partial charge is 0.419 e. The molecule has 35 heavy (non-hydrogen) atoms. The second kappa shape index (κ2) is 10.9. The van der Waals surface area contributed by atoms with E-state index in [2.05, 4.69) is 25.9 Å². The van der Waals surface area contributed by atoms with Crippen LogP contribution in [0.3, 0.4) is 0 Å². The van der Waals surface area contributed by atoms with Gasteiger partial charge in [-0.25, -0.2) is 19.2 Å². The zero-order valence-corrected chi connectivity index (χ0v) is 19.7. The van der Waals surface area contributed by atoms with Crippen molar-refractivity contribution in [3.05, 3.63) is 52.6 Å². The van der Waals surface area contributed by atoms with Gasteiger partial charge in [0.15, 0.2) is 0 Å². The lowest BCUT2D eigenvalue weighted by atomic mass is 10.0. The number of alkyl halides is 3. The molecular formula is C23H28F4N6O2. The van der Waals surface area contributed by atoms with Crippen LogP contribution in [-0.4, -0.2) is 45.9 Å². The number of carbonyl (C=O) groups excluding carboxylic acids is 2. The van der Waals surface area contributed by atoms with Crippen LogP contribution < -0.4 is 16.0 Å². The molecule has 190 valence electrons. The fourth-order valence-corrected chi connectivity index (χ4v) is 3.74. The second-order valence-electron chi connectivity index (χ2n) is 8.65. The Kier molecular flexibility index (Phi) is 8.13. The summed E-state index contributed by atoms with van der Waals surface area (Å²) in [7, 11) is 0. The van der Waals surface area contributed by atoms with E-state index >= 15 is 0 Å². The molecule has 2 aromatic rings. The summed E-state index contributed by atoms with van der Waals surface area (Å²) in [6.07, 6.45) is -2.41. The predicted octanol–water partition coefficient (Wildman–Crippen LogP) is 3.79. The van der Waals surface area contributed by atoms with E-state index in [1.54, 1.807) is 6.20 Å². The fourth-order valence-electron chi connectivity index (χ4n) is 3.74. The van der Waals surface area contributed by atoms with Gasteiger partial charge in [-0.1, -0.05) is 6.07 Å². The lowest BCUT2D eigenvalue weighted by Crippen LogP contribution is -2.45. The van der Waals surface area contributed by atoms with Crippen LogP contribution in [0, 0.1) is 5.82 Å². The van der Waals surface area contributed by atoms with E-state index in [1.165, 1.54) is 11.8 Å². The third kappa shape index (κ3) is 7.03. The normalized spacial score (nSPS) is 14.3. The first-order valence-electron chi connectivity index (χ1n) is 11.2. The number of hydrogen-bond acceptors (Lipinski definition) is 5. The highest BCUT2D eigenvalue weighted by Crippen LogP contribution is 2.33. The van der Waals surface area contributed by atoms with Gasteiger partial charge in [0.05, 0.1) is 23.8 Å². The summed E-state index contributed by atoms with van der Waals surface area (Å²) in [6, 6.07) is 1.39. The summed E-state index contributed by atoms with van der Waals surface area (Å²) < 4.78 is 53.1. The highest BCUT2D eigenvalue weighted by Gasteiger charge is 2.34. The molecule has 2 heterocycles. The molecule has 1 atom stereocenters. The first-order chi connectivity index (χ1) is 16.4. The minimum atomic E-state index is -4.83. The highest BCUT2D eigenvalue weighted by molar-refractivity contribution is 5.75. The number of benzene rings is 1. The molecule has 12 heteroatoms. The quantitative estimate of drug-likeness (QED) is 0.507. The minimum absolute atomic E-state index is 0.129. The van der Waals surface area contributed by atoms with E-state index < -0.39 is 29.6 Å². The van der Waals surface area contributed by atoms with Crippen LogP contribution in [0.25, 0.3) is 0 Å². The lowest BCUT2D eigenvalue weighted by molar-refractivity contribution is -0.140. The smallest absolute Gasteiger partial charge is 0.356 e. The van der Waals surface area contributed by atoms with Crippen molar-refractivity contribution in [2.75, 3.05) is 18.4 Å². The van der Waals surface area contributed by atoms with Crippen LogP contribution in [0.5, 0.6) is 0 Å². The van der Waals surface area contributed by atoms with Crippen LogP contribution in [-0.2, 0) is 23.9 Å². The zero-order chi connectivity index (χ0) is 25.8. The highest BCUT2D eigenvalue weighted by atomic mass is 19.4. The van der Waals surface area contributed by atoms with Gasteiger partial charge in [0.2, 0.25) is 11.9 Å². The SMILES string of the molecule is CC(=O)NCC[C@@H](NC(=O)N1CCc2cnc(NC(C)C)nc2C1)c1ccc(C(F)(F)F)c(F)c1. The van der Waals surface area contributed by atoms with E-state index in [4.69, 9.17) is 0 Å². The van der Waals surface area contributed by atoms with E-state index in [0.29, 0.717) is 30.7 Å². The van der Waals surface area contributed by atoms with Crippen LogP contribution in [0.15, 0.2) is 24.4 Å². The van der Waals surface area contributed by atoms with Gasteiger partial charge >= 0.3 is 12.2 Å². The number of anilines is 1. The van der Waals surface area contributed by atoms with Crippen molar-refractivity contribution in [1.29, 1.82) is 0 Å². The maximum atomic E-state index is 14.2.